The standard InChI is InChI=1S/C13H10BrN3O3/c14-9-5-8(13(19)20)1-2-10(9)17-11-6-7(12(15)18)3-4-16-11/h1-6H,(H2,15,18)(H,16,17)(H,19,20). The van der Waals surface area contributed by atoms with Gasteiger partial charge in [-0.05, 0) is 46.3 Å². The average Bonchev–Trinajstić information content (AvgIpc) is 2.41. The SMILES string of the molecule is NC(=O)c1ccnc(Nc2ccc(C(=O)O)cc2Br)c1. The molecule has 0 unspecified atom stereocenters. The van der Waals surface area contributed by atoms with Crippen LogP contribution in [-0.4, -0.2) is 22.0 Å². The number of nitrogens with two attached hydrogens (primary N) is 1. The van der Waals surface area contributed by atoms with Crippen LogP contribution in [0.1, 0.15) is 20.7 Å². The third-order valence-corrected chi connectivity index (χ3v) is 3.18. The van der Waals surface area contributed by atoms with Gasteiger partial charge < -0.3 is 16.2 Å². The number of carbonyl (C=O) groups is 2. The number of rotatable bonds is 4. The van der Waals surface area contributed by atoms with E-state index >= 15 is 0 Å². The highest BCUT2D eigenvalue weighted by molar-refractivity contribution is 9.10. The van der Waals surface area contributed by atoms with Crippen LogP contribution in [-0.2, 0) is 0 Å². The molecule has 0 radical (unpaired) electrons. The quantitative estimate of drug-likeness (QED) is 0.795. The van der Waals surface area contributed by atoms with Crippen molar-refractivity contribution >= 4 is 39.3 Å². The molecule has 0 bridgehead atoms. The normalized spacial score (nSPS) is 10.1. The Morgan fingerprint density at radius 2 is 1.95 bits per heavy atom. The third-order valence-electron chi connectivity index (χ3n) is 2.52. The van der Waals surface area contributed by atoms with Crippen molar-refractivity contribution in [2.45, 2.75) is 0 Å². The van der Waals surface area contributed by atoms with E-state index in [9.17, 15) is 9.59 Å². The number of nitrogens with one attached hydrogen (secondary N) is 1. The lowest BCUT2D eigenvalue weighted by Crippen LogP contribution is -2.11. The Balaban J connectivity index is 2.28. The molecule has 0 aliphatic heterocycles. The van der Waals surface area contributed by atoms with Gasteiger partial charge in [-0.1, -0.05) is 0 Å². The van der Waals surface area contributed by atoms with Gasteiger partial charge in [0.25, 0.3) is 0 Å². The molecule has 102 valence electrons. The molecule has 0 aliphatic rings. The number of aromatic nitrogens is 1. The lowest BCUT2D eigenvalue weighted by atomic mass is 10.2. The van der Waals surface area contributed by atoms with E-state index in [1.54, 1.807) is 6.07 Å². The van der Waals surface area contributed by atoms with E-state index in [-0.39, 0.29) is 5.56 Å². The van der Waals surface area contributed by atoms with E-state index in [1.807, 2.05) is 0 Å². The lowest BCUT2D eigenvalue weighted by Gasteiger charge is -2.09. The Bertz CT molecular complexity index is 688. The predicted molar refractivity (Wildman–Crippen MR) is 77.1 cm³/mol. The number of carbonyl (C=O) groups excluding carboxylic acids is 1. The zero-order valence-corrected chi connectivity index (χ0v) is 11.7. The van der Waals surface area contributed by atoms with Crippen LogP contribution in [0.25, 0.3) is 0 Å². The van der Waals surface area contributed by atoms with E-state index < -0.39 is 11.9 Å². The summed E-state index contributed by atoms with van der Waals surface area (Å²) in [5.41, 5.74) is 6.32. The van der Waals surface area contributed by atoms with Crippen molar-refractivity contribution in [3.05, 3.63) is 52.1 Å². The summed E-state index contributed by atoms with van der Waals surface area (Å²) in [6, 6.07) is 7.57. The fraction of sp³-hybridized carbons (Fsp3) is 0. The summed E-state index contributed by atoms with van der Waals surface area (Å²) in [4.78, 5) is 26.0. The number of halogens is 1. The average molecular weight is 336 g/mol. The van der Waals surface area contributed by atoms with Gasteiger partial charge in [0.1, 0.15) is 5.82 Å². The van der Waals surface area contributed by atoms with Crippen LogP contribution < -0.4 is 11.1 Å². The first-order valence-electron chi connectivity index (χ1n) is 5.53. The molecular weight excluding hydrogens is 326 g/mol. The highest BCUT2D eigenvalue weighted by Crippen LogP contribution is 2.26. The first kappa shape index (κ1) is 14.0. The molecule has 7 heteroatoms. The van der Waals surface area contributed by atoms with Crippen LogP contribution in [0.5, 0.6) is 0 Å². The van der Waals surface area contributed by atoms with Gasteiger partial charge in [0, 0.05) is 16.2 Å². The number of primary amides is 1. The number of benzene rings is 1. The van der Waals surface area contributed by atoms with Gasteiger partial charge in [-0.15, -0.1) is 0 Å². The maximum atomic E-state index is 11.1. The van der Waals surface area contributed by atoms with Gasteiger partial charge in [0.15, 0.2) is 0 Å². The highest BCUT2D eigenvalue weighted by Gasteiger charge is 2.08. The topological polar surface area (TPSA) is 105 Å². The van der Waals surface area contributed by atoms with Gasteiger partial charge in [-0.2, -0.15) is 0 Å². The Labute approximate surface area is 122 Å². The number of anilines is 2. The number of carboxylic acid groups (broad SMARTS) is 1. The maximum Gasteiger partial charge on any atom is 0.335 e. The van der Waals surface area contributed by atoms with Crippen LogP contribution in [0.4, 0.5) is 11.5 Å². The molecule has 0 atom stereocenters. The molecule has 1 heterocycles. The van der Waals surface area contributed by atoms with Crippen LogP contribution in [0.3, 0.4) is 0 Å². The number of pyridine rings is 1. The van der Waals surface area contributed by atoms with Crippen LogP contribution >= 0.6 is 15.9 Å². The number of amides is 1. The molecular formula is C13H10BrN3O3. The Morgan fingerprint density at radius 3 is 2.55 bits per heavy atom. The van der Waals surface area contributed by atoms with Crippen molar-refractivity contribution in [3.8, 4) is 0 Å². The molecule has 6 nitrogen and oxygen atoms in total. The summed E-state index contributed by atoms with van der Waals surface area (Å²) in [6.07, 6.45) is 1.46. The second kappa shape index (κ2) is 5.70. The highest BCUT2D eigenvalue weighted by atomic mass is 79.9. The molecule has 1 amide bonds. The zero-order chi connectivity index (χ0) is 14.7. The van der Waals surface area contributed by atoms with Crippen LogP contribution in [0, 0.1) is 0 Å². The minimum absolute atomic E-state index is 0.168. The second-order valence-corrected chi connectivity index (χ2v) is 4.77. The predicted octanol–water partition coefficient (Wildman–Crippen LogP) is 2.38. The molecule has 2 rings (SSSR count). The van der Waals surface area contributed by atoms with Crippen molar-refractivity contribution in [2.24, 2.45) is 5.73 Å². The molecule has 1 aromatic heterocycles. The number of nitrogens with zero attached hydrogens (tertiary/aromatic N) is 1. The fourth-order valence-electron chi connectivity index (χ4n) is 1.54. The van der Waals surface area contributed by atoms with E-state index in [4.69, 9.17) is 10.8 Å². The third kappa shape index (κ3) is 3.12. The molecule has 0 fully saturated rings. The summed E-state index contributed by atoms with van der Waals surface area (Å²) in [5.74, 6) is -1.12. The number of carboxylic acids is 1. The molecule has 0 aliphatic carbocycles. The molecule has 20 heavy (non-hydrogen) atoms. The number of hydrogen-bond acceptors (Lipinski definition) is 4. The molecule has 0 spiro atoms. The largest absolute Gasteiger partial charge is 0.478 e. The molecule has 1 aromatic carbocycles. The Kier molecular flexibility index (Phi) is 3.99. The second-order valence-electron chi connectivity index (χ2n) is 3.92. The molecule has 0 saturated heterocycles. The van der Waals surface area contributed by atoms with Crippen LogP contribution in [0.15, 0.2) is 41.0 Å². The fourth-order valence-corrected chi connectivity index (χ4v) is 2.02. The lowest BCUT2D eigenvalue weighted by molar-refractivity contribution is 0.0696. The van der Waals surface area contributed by atoms with Gasteiger partial charge in [-0.3, -0.25) is 4.79 Å². The van der Waals surface area contributed by atoms with E-state index in [0.29, 0.717) is 21.5 Å². The first-order valence-corrected chi connectivity index (χ1v) is 6.32. The minimum atomic E-state index is -1.01. The molecule has 4 N–H and O–H groups in total. The van der Waals surface area contributed by atoms with Crippen molar-refractivity contribution in [1.29, 1.82) is 0 Å². The van der Waals surface area contributed by atoms with E-state index in [0.717, 1.165) is 0 Å². The Morgan fingerprint density at radius 1 is 1.20 bits per heavy atom. The summed E-state index contributed by atoms with van der Waals surface area (Å²) in [5, 5.41) is 11.9. The monoisotopic (exact) mass is 335 g/mol. The van der Waals surface area contributed by atoms with Crippen molar-refractivity contribution in [3.63, 3.8) is 0 Å². The van der Waals surface area contributed by atoms with Crippen LogP contribution in [0.2, 0.25) is 0 Å². The van der Waals surface area contributed by atoms with Crippen molar-refractivity contribution in [2.75, 3.05) is 5.32 Å². The maximum absolute atomic E-state index is 11.1. The van der Waals surface area contributed by atoms with Gasteiger partial charge >= 0.3 is 5.97 Å². The van der Waals surface area contributed by atoms with Crippen molar-refractivity contribution < 1.29 is 14.7 Å². The van der Waals surface area contributed by atoms with E-state index in [1.165, 1.54) is 30.5 Å². The summed E-state index contributed by atoms with van der Waals surface area (Å²) < 4.78 is 0.573. The molecule has 2 aromatic rings. The van der Waals surface area contributed by atoms with E-state index in [2.05, 4.69) is 26.2 Å². The summed E-state index contributed by atoms with van der Waals surface area (Å²) in [6.45, 7) is 0. The zero-order valence-electron chi connectivity index (χ0n) is 10.1. The summed E-state index contributed by atoms with van der Waals surface area (Å²) >= 11 is 3.28. The van der Waals surface area contributed by atoms with Gasteiger partial charge in [-0.25, -0.2) is 9.78 Å². The molecule has 0 saturated carbocycles. The van der Waals surface area contributed by atoms with Gasteiger partial charge in [0.2, 0.25) is 5.91 Å². The number of aromatic carboxylic acids is 1. The van der Waals surface area contributed by atoms with Crippen molar-refractivity contribution in [1.82, 2.24) is 4.98 Å². The summed E-state index contributed by atoms with van der Waals surface area (Å²) in [7, 11) is 0. The Hall–Kier alpha value is -2.41. The number of hydrogen-bond donors (Lipinski definition) is 3. The smallest absolute Gasteiger partial charge is 0.335 e. The first-order chi connectivity index (χ1) is 9.47. The van der Waals surface area contributed by atoms with Gasteiger partial charge in [0.05, 0.1) is 11.3 Å². The minimum Gasteiger partial charge on any atom is -0.478 e.